The van der Waals surface area contributed by atoms with Crippen LogP contribution in [-0.2, 0) is 6.42 Å². The van der Waals surface area contributed by atoms with Crippen LogP contribution in [0.4, 0.5) is 0 Å². The summed E-state index contributed by atoms with van der Waals surface area (Å²) in [5.74, 6) is 1.75. The van der Waals surface area contributed by atoms with Crippen molar-refractivity contribution in [2.45, 2.75) is 32.1 Å². The first-order chi connectivity index (χ1) is 8.20. The first kappa shape index (κ1) is 10.4. The minimum absolute atomic E-state index is 0.101. The fraction of sp³-hybridized carbons (Fsp3) is 0.357. The summed E-state index contributed by atoms with van der Waals surface area (Å²) in [6.07, 6.45) is 3.39. The Kier molecular flexibility index (Phi) is 2.21. The molecule has 1 aromatic carbocycles. The number of fused-ring (bicyclic) bond motifs is 1. The van der Waals surface area contributed by atoms with E-state index in [9.17, 15) is 5.11 Å². The molecule has 1 aliphatic carbocycles. The van der Waals surface area contributed by atoms with Crippen molar-refractivity contribution >= 4 is 16.8 Å². The van der Waals surface area contributed by atoms with Crippen LogP contribution in [0, 0.1) is 0 Å². The number of nitrogens with zero attached hydrogens (tertiary/aromatic N) is 1. The van der Waals surface area contributed by atoms with E-state index in [1.165, 1.54) is 18.4 Å². The van der Waals surface area contributed by atoms with Gasteiger partial charge in [0, 0.05) is 11.5 Å². The molecule has 0 radical (unpaired) electrons. The summed E-state index contributed by atoms with van der Waals surface area (Å²) in [6.45, 7) is 5.73. The number of aliphatic hydroxyl groups is 1. The Balaban J connectivity index is 2.27. The normalized spacial score (nSPS) is 15.4. The summed E-state index contributed by atoms with van der Waals surface area (Å²) < 4.78 is 0. The van der Waals surface area contributed by atoms with Crippen molar-refractivity contribution < 1.29 is 5.11 Å². The number of benzene rings is 1. The summed E-state index contributed by atoms with van der Waals surface area (Å²) >= 11 is 0. The zero-order valence-corrected chi connectivity index (χ0v) is 9.95. The molecule has 17 heavy (non-hydrogen) atoms. The molecule has 2 N–H and O–H groups in total. The molecule has 0 amide bonds. The van der Waals surface area contributed by atoms with Gasteiger partial charge >= 0.3 is 0 Å². The minimum atomic E-state index is 0.101. The molecule has 1 heterocycles. The first-order valence-corrected chi connectivity index (χ1v) is 6.10. The molecule has 0 saturated heterocycles. The van der Waals surface area contributed by atoms with Gasteiger partial charge in [-0.2, -0.15) is 0 Å². The minimum Gasteiger partial charge on any atom is -0.508 e. The quantitative estimate of drug-likeness (QED) is 0.789. The van der Waals surface area contributed by atoms with Gasteiger partial charge in [-0.1, -0.05) is 19.6 Å². The summed E-state index contributed by atoms with van der Waals surface area (Å²) in [6, 6.07) is 3.94. The highest BCUT2D eigenvalue weighted by Gasteiger charge is 2.27. The van der Waals surface area contributed by atoms with E-state index in [2.05, 4.69) is 23.5 Å². The third kappa shape index (κ3) is 1.62. The Labute approximate surface area is 100 Å². The number of rotatable bonds is 3. The molecule has 0 unspecified atom stereocenters. The number of hydrogen-bond acceptors (Lipinski definition) is 2. The van der Waals surface area contributed by atoms with Crippen molar-refractivity contribution in [3.05, 3.63) is 35.7 Å². The Bertz CT molecular complexity index is 594. The second-order valence-electron chi connectivity index (χ2n) is 4.69. The molecule has 1 fully saturated rings. The lowest BCUT2D eigenvalue weighted by Crippen LogP contribution is -1.88. The SMILES string of the molecule is C=C(O)c1ccc(CC)c2nc(C3CC3)[nH]c12. The summed E-state index contributed by atoms with van der Waals surface area (Å²) in [5, 5.41) is 9.61. The van der Waals surface area contributed by atoms with Crippen LogP contribution >= 0.6 is 0 Å². The molecule has 3 rings (SSSR count). The van der Waals surface area contributed by atoms with Gasteiger partial charge in [0.2, 0.25) is 0 Å². The number of aromatic nitrogens is 2. The van der Waals surface area contributed by atoms with E-state index >= 15 is 0 Å². The van der Waals surface area contributed by atoms with Crippen LogP contribution in [0.15, 0.2) is 18.7 Å². The van der Waals surface area contributed by atoms with Crippen LogP contribution in [0.25, 0.3) is 16.8 Å². The summed E-state index contributed by atoms with van der Waals surface area (Å²) in [4.78, 5) is 8.03. The van der Waals surface area contributed by atoms with Crippen molar-refractivity contribution in [2.75, 3.05) is 0 Å². The number of aryl methyl sites for hydroxylation is 1. The zero-order chi connectivity index (χ0) is 12.0. The van der Waals surface area contributed by atoms with Gasteiger partial charge in [-0.15, -0.1) is 0 Å². The highest BCUT2D eigenvalue weighted by Crippen LogP contribution is 2.40. The topological polar surface area (TPSA) is 48.9 Å². The molecule has 3 nitrogen and oxygen atoms in total. The smallest absolute Gasteiger partial charge is 0.117 e. The maximum atomic E-state index is 9.61. The van der Waals surface area contributed by atoms with Gasteiger partial charge in [-0.05, 0) is 30.9 Å². The van der Waals surface area contributed by atoms with Crippen molar-refractivity contribution in [1.29, 1.82) is 0 Å². The van der Waals surface area contributed by atoms with E-state index in [4.69, 9.17) is 0 Å². The lowest BCUT2D eigenvalue weighted by molar-refractivity contribution is 0.514. The maximum Gasteiger partial charge on any atom is 0.117 e. The van der Waals surface area contributed by atoms with Gasteiger partial charge in [0.15, 0.2) is 0 Å². The molecule has 0 aliphatic heterocycles. The van der Waals surface area contributed by atoms with E-state index in [1.54, 1.807) is 0 Å². The maximum absolute atomic E-state index is 9.61. The molecule has 2 aromatic rings. The molecule has 88 valence electrons. The van der Waals surface area contributed by atoms with E-state index in [1.807, 2.05) is 12.1 Å². The monoisotopic (exact) mass is 228 g/mol. The van der Waals surface area contributed by atoms with E-state index in [-0.39, 0.29) is 5.76 Å². The fourth-order valence-corrected chi connectivity index (χ4v) is 2.24. The molecule has 1 saturated carbocycles. The van der Waals surface area contributed by atoms with Crippen molar-refractivity contribution in [3.63, 3.8) is 0 Å². The van der Waals surface area contributed by atoms with Gasteiger partial charge in [-0.3, -0.25) is 0 Å². The fourth-order valence-electron chi connectivity index (χ4n) is 2.24. The number of imidazole rings is 1. The van der Waals surface area contributed by atoms with Crippen LogP contribution in [0.3, 0.4) is 0 Å². The molecule has 1 aliphatic rings. The predicted molar refractivity (Wildman–Crippen MR) is 69.1 cm³/mol. The Morgan fingerprint density at radius 2 is 2.29 bits per heavy atom. The number of nitrogens with one attached hydrogen (secondary N) is 1. The standard InChI is InChI=1S/C14H16N2O/c1-3-9-6-7-11(8(2)17)13-12(9)15-14(16-13)10-4-5-10/h6-7,10,17H,2-5H2,1H3,(H,15,16). The molecule has 0 atom stereocenters. The second-order valence-corrected chi connectivity index (χ2v) is 4.69. The van der Waals surface area contributed by atoms with Gasteiger partial charge in [0.05, 0.1) is 11.0 Å². The lowest BCUT2D eigenvalue weighted by atomic mass is 10.1. The second kappa shape index (κ2) is 3.62. The third-order valence-corrected chi connectivity index (χ3v) is 3.40. The average molecular weight is 228 g/mol. The van der Waals surface area contributed by atoms with Crippen LogP contribution in [0.5, 0.6) is 0 Å². The molecule has 3 heteroatoms. The van der Waals surface area contributed by atoms with Crippen molar-refractivity contribution in [1.82, 2.24) is 9.97 Å². The van der Waals surface area contributed by atoms with Gasteiger partial charge in [0.25, 0.3) is 0 Å². The number of aliphatic hydroxyl groups excluding tert-OH is 1. The number of H-pyrrole nitrogens is 1. The largest absolute Gasteiger partial charge is 0.508 e. The van der Waals surface area contributed by atoms with Crippen LogP contribution < -0.4 is 0 Å². The first-order valence-electron chi connectivity index (χ1n) is 6.10. The van der Waals surface area contributed by atoms with E-state index < -0.39 is 0 Å². The van der Waals surface area contributed by atoms with Gasteiger partial charge in [-0.25, -0.2) is 4.98 Å². The lowest BCUT2D eigenvalue weighted by Gasteiger charge is -2.03. The Morgan fingerprint density at radius 3 is 2.88 bits per heavy atom. The Hall–Kier alpha value is -1.77. The summed E-state index contributed by atoms with van der Waals surface area (Å²) in [7, 11) is 0. The van der Waals surface area contributed by atoms with E-state index in [0.717, 1.165) is 28.8 Å². The predicted octanol–water partition coefficient (Wildman–Crippen LogP) is 3.53. The highest BCUT2D eigenvalue weighted by molar-refractivity contribution is 5.89. The molecule has 0 spiro atoms. The highest BCUT2D eigenvalue weighted by atomic mass is 16.3. The molecule has 1 aromatic heterocycles. The van der Waals surface area contributed by atoms with Crippen LogP contribution in [0.2, 0.25) is 0 Å². The van der Waals surface area contributed by atoms with Gasteiger partial charge < -0.3 is 10.1 Å². The number of aromatic amines is 1. The molecule has 0 bridgehead atoms. The molecular weight excluding hydrogens is 212 g/mol. The zero-order valence-electron chi connectivity index (χ0n) is 9.95. The van der Waals surface area contributed by atoms with E-state index in [0.29, 0.717) is 5.92 Å². The molecular formula is C14H16N2O. The van der Waals surface area contributed by atoms with Crippen molar-refractivity contribution in [3.8, 4) is 0 Å². The van der Waals surface area contributed by atoms with Crippen LogP contribution in [-0.4, -0.2) is 15.1 Å². The third-order valence-electron chi connectivity index (χ3n) is 3.40. The summed E-state index contributed by atoms with van der Waals surface area (Å²) in [5.41, 5.74) is 3.89. The van der Waals surface area contributed by atoms with Crippen molar-refractivity contribution in [2.24, 2.45) is 0 Å². The van der Waals surface area contributed by atoms with Crippen LogP contribution in [0.1, 0.15) is 42.6 Å². The van der Waals surface area contributed by atoms with Gasteiger partial charge in [0.1, 0.15) is 11.6 Å². The Morgan fingerprint density at radius 1 is 1.53 bits per heavy atom. The number of hydrogen-bond donors (Lipinski definition) is 2. The average Bonchev–Trinajstić information content (AvgIpc) is 3.06.